The molecule has 5 nitrogen and oxygen atoms in total. The number of imidazole rings is 1. The number of nitrogens with two attached hydrogens (primary N) is 1. The fourth-order valence-corrected chi connectivity index (χ4v) is 1.42. The Bertz CT molecular complexity index is 490. The number of halogens is 1. The van der Waals surface area contributed by atoms with E-state index in [1.807, 2.05) is 13.8 Å². The quantitative estimate of drug-likeness (QED) is 0.802. The molecule has 0 saturated heterocycles. The maximum absolute atomic E-state index is 13.3. The molecule has 0 radical (unpaired) electrons. The van der Waals surface area contributed by atoms with Gasteiger partial charge in [0.1, 0.15) is 11.3 Å². The van der Waals surface area contributed by atoms with Crippen molar-refractivity contribution in [2.45, 2.75) is 20.3 Å². The molecule has 2 aromatic rings. The van der Waals surface area contributed by atoms with Gasteiger partial charge in [0.2, 0.25) is 11.9 Å². The third-order valence-electron chi connectivity index (χ3n) is 2.02. The maximum Gasteiger partial charge on any atom is 0.242 e. The van der Waals surface area contributed by atoms with Gasteiger partial charge in [0.25, 0.3) is 0 Å². The Hall–Kier alpha value is -1.72. The summed E-state index contributed by atoms with van der Waals surface area (Å²) in [6.07, 6.45) is 2.00. The van der Waals surface area contributed by atoms with Crippen LogP contribution in [0.1, 0.15) is 19.7 Å². The van der Waals surface area contributed by atoms with Crippen molar-refractivity contribution in [2.24, 2.45) is 5.92 Å². The van der Waals surface area contributed by atoms with Gasteiger partial charge in [-0.25, -0.2) is 14.5 Å². The smallest absolute Gasteiger partial charge is 0.242 e. The fourth-order valence-electron chi connectivity index (χ4n) is 1.42. The Kier molecular flexibility index (Phi) is 2.26. The van der Waals surface area contributed by atoms with Crippen molar-refractivity contribution < 1.29 is 4.39 Å². The summed E-state index contributed by atoms with van der Waals surface area (Å²) >= 11 is 0. The van der Waals surface area contributed by atoms with Gasteiger partial charge in [-0.3, -0.25) is 0 Å². The molecule has 2 aromatic heterocycles. The molecule has 0 amide bonds. The van der Waals surface area contributed by atoms with E-state index in [4.69, 9.17) is 5.73 Å². The van der Waals surface area contributed by atoms with Crippen LogP contribution in [0.4, 0.5) is 10.3 Å². The molecule has 0 aliphatic rings. The lowest BCUT2D eigenvalue weighted by atomic mass is 10.1. The molecule has 2 rings (SSSR count). The first-order chi connectivity index (χ1) is 7.08. The fraction of sp³-hybridized carbons (Fsp3) is 0.444. The standard InChI is InChI=1S/C9H12FN5/c1-5(2)3-7-13-8(10)6-4-12-9(11)14-15(6)7/h4-5H,3H2,1-2H3,(H2,11,14). The van der Waals surface area contributed by atoms with E-state index in [1.165, 1.54) is 10.7 Å². The normalized spacial score (nSPS) is 11.5. The molecule has 0 unspecified atom stereocenters. The molecule has 0 aromatic carbocycles. The Balaban J connectivity index is 2.59. The molecule has 0 spiro atoms. The number of rotatable bonds is 2. The molecular formula is C9H12FN5. The minimum absolute atomic E-state index is 0.116. The summed E-state index contributed by atoms with van der Waals surface area (Å²) in [5, 5.41) is 3.93. The Morgan fingerprint density at radius 1 is 1.53 bits per heavy atom. The van der Waals surface area contributed by atoms with E-state index < -0.39 is 5.95 Å². The van der Waals surface area contributed by atoms with Gasteiger partial charge in [-0.05, 0) is 5.92 Å². The number of fused-ring (bicyclic) bond motifs is 1. The SMILES string of the molecule is CC(C)Cc1nc(F)c2cnc(N)nn12. The van der Waals surface area contributed by atoms with Crippen LogP contribution < -0.4 is 5.73 Å². The predicted octanol–water partition coefficient (Wildman–Crippen LogP) is 1.04. The molecule has 0 aliphatic heterocycles. The zero-order valence-corrected chi connectivity index (χ0v) is 8.61. The second kappa shape index (κ2) is 3.45. The summed E-state index contributed by atoms with van der Waals surface area (Å²) in [6.45, 7) is 4.06. The third kappa shape index (κ3) is 1.74. The van der Waals surface area contributed by atoms with E-state index in [0.29, 0.717) is 18.2 Å². The molecule has 2 heterocycles. The van der Waals surface area contributed by atoms with Gasteiger partial charge in [-0.2, -0.15) is 4.39 Å². The van der Waals surface area contributed by atoms with Crippen LogP contribution in [-0.4, -0.2) is 19.6 Å². The lowest BCUT2D eigenvalue weighted by Gasteiger charge is -2.02. The van der Waals surface area contributed by atoms with Gasteiger partial charge in [0.05, 0.1) is 6.20 Å². The van der Waals surface area contributed by atoms with Gasteiger partial charge in [0.15, 0.2) is 0 Å². The molecule has 0 aliphatic carbocycles. The maximum atomic E-state index is 13.3. The van der Waals surface area contributed by atoms with Crippen molar-refractivity contribution in [1.82, 2.24) is 19.6 Å². The van der Waals surface area contributed by atoms with Crippen LogP contribution in [0, 0.1) is 11.9 Å². The molecule has 15 heavy (non-hydrogen) atoms. The third-order valence-corrected chi connectivity index (χ3v) is 2.02. The second-order valence-corrected chi connectivity index (χ2v) is 3.83. The zero-order chi connectivity index (χ0) is 11.0. The van der Waals surface area contributed by atoms with E-state index in [2.05, 4.69) is 15.1 Å². The molecular weight excluding hydrogens is 197 g/mol. The van der Waals surface area contributed by atoms with Gasteiger partial charge >= 0.3 is 0 Å². The Labute approximate surface area is 86.1 Å². The first-order valence-electron chi connectivity index (χ1n) is 4.73. The lowest BCUT2D eigenvalue weighted by molar-refractivity contribution is 0.577. The average molecular weight is 209 g/mol. The highest BCUT2D eigenvalue weighted by atomic mass is 19.1. The molecule has 0 bridgehead atoms. The van der Waals surface area contributed by atoms with E-state index in [0.717, 1.165) is 0 Å². The highest BCUT2D eigenvalue weighted by molar-refractivity contribution is 5.45. The van der Waals surface area contributed by atoms with Crippen molar-refractivity contribution in [3.05, 3.63) is 18.0 Å². The topological polar surface area (TPSA) is 69.1 Å². The highest BCUT2D eigenvalue weighted by Crippen LogP contribution is 2.13. The van der Waals surface area contributed by atoms with Crippen molar-refractivity contribution in [3.8, 4) is 0 Å². The molecule has 0 atom stereocenters. The van der Waals surface area contributed by atoms with Crippen LogP contribution >= 0.6 is 0 Å². The number of nitrogen functional groups attached to an aromatic ring is 1. The van der Waals surface area contributed by atoms with Crippen molar-refractivity contribution in [2.75, 3.05) is 5.73 Å². The molecule has 0 saturated carbocycles. The van der Waals surface area contributed by atoms with Gasteiger partial charge < -0.3 is 5.73 Å². The van der Waals surface area contributed by atoms with Crippen molar-refractivity contribution in [3.63, 3.8) is 0 Å². The number of hydrogen-bond donors (Lipinski definition) is 1. The van der Waals surface area contributed by atoms with Crippen molar-refractivity contribution in [1.29, 1.82) is 0 Å². The van der Waals surface area contributed by atoms with Crippen LogP contribution in [0.25, 0.3) is 5.52 Å². The summed E-state index contributed by atoms with van der Waals surface area (Å²) in [7, 11) is 0. The summed E-state index contributed by atoms with van der Waals surface area (Å²) in [4.78, 5) is 7.54. The molecule has 6 heteroatoms. The summed E-state index contributed by atoms with van der Waals surface area (Å²) < 4.78 is 14.8. The monoisotopic (exact) mass is 209 g/mol. The van der Waals surface area contributed by atoms with Crippen LogP contribution in [0.2, 0.25) is 0 Å². The van der Waals surface area contributed by atoms with Crippen molar-refractivity contribution >= 4 is 11.5 Å². The van der Waals surface area contributed by atoms with E-state index in [9.17, 15) is 4.39 Å². The molecule has 0 fully saturated rings. The number of aromatic nitrogens is 4. The minimum atomic E-state index is -0.550. The lowest BCUT2D eigenvalue weighted by Crippen LogP contribution is -2.06. The number of hydrogen-bond acceptors (Lipinski definition) is 4. The summed E-state index contributed by atoms with van der Waals surface area (Å²) in [5.74, 6) is 0.522. The van der Waals surface area contributed by atoms with Gasteiger partial charge in [-0.1, -0.05) is 13.8 Å². The largest absolute Gasteiger partial charge is 0.367 e. The summed E-state index contributed by atoms with van der Waals surface area (Å²) in [6, 6.07) is 0. The van der Waals surface area contributed by atoms with E-state index in [-0.39, 0.29) is 11.5 Å². The Morgan fingerprint density at radius 2 is 2.27 bits per heavy atom. The Morgan fingerprint density at radius 3 is 2.93 bits per heavy atom. The van der Waals surface area contributed by atoms with Gasteiger partial charge in [-0.15, -0.1) is 5.10 Å². The molecule has 2 N–H and O–H groups in total. The highest BCUT2D eigenvalue weighted by Gasteiger charge is 2.13. The number of anilines is 1. The van der Waals surface area contributed by atoms with Crippen LogP contribution in [0.3, 0.4) is 0 Å². The first-order valence-corrected chi connectivity index (χ1v) is 4.73. The minimum Gasteiger partial charge on any atom is -0.367 e. The predicted molar refractivity (Wildman–Crippen MR) is 53.7 cm³/mol. The van der Waals surface area contributed by atoms with Crippen LogP contribution in [0.5, 0.6) is 0 Å². The van der Waals surface area contributed by atoms with E-state index >= 15 is 0 Å². The zero-order valence-electron chi connectivity index (χ0n) is 8.61. The molecule has 80 valence electrons. The number of nitrogens with zero attached hydrogens (tertiary/aromatic N) is 4. The first kappa shape index (κ1) is 9.82. The van der Waals surface area contributed by atoms with Crippen LogP contribution in [-0.2, 0) is 6.42 Å². The summed E-state index contributed by atoms with van der Waals surface area (Å²) in [5.41, 5.74) is 5.70. The average Bonchev–Trinajstić information content (AvgIpc) is 2.42. The second-order valence-electron chi connectivity index (χ2n) is 3.83. The van der Waals surface area contributed by atoms with Gasteiger partial charge in [0, 0.05) is 6.42 Å². The van der Waals surface area contributed by atoms with E-state index in [1.54, 1.807) is 0 Å². The van der Waals surface area contributed by atoms with Crippen LogP contribution in [0.15, 0.2) is 6.20 Å².